The summed E-state index contributed by atoms with van der Waals surface area (Å²) in [5.41, 5.74) is 0.428. The molecule has 0 spiro atoms. The van der Waals surface area contributed by atoms with E-state index >= 15 is 0 Å². The van der Waals surface area contributed by atoms with Gasteiger partial charge < -0.3 is 18.5 Å². The molecule has 0 N–H and O–H groups in total. The second-order valence-electron chi connectivity index (χ2n) is 5.93. The van der Waals surface area contributed by atoms with Gasteiger partial charge in [-0.1, -0.05) is 36.4 Å². The fraction of sp³-hybridized carbons (Fsp3) is 0. The van der Waals surface area contributed by atoms with E-state index in [2.05, 4.69) is 10.3 Å². The largest absolute Gasteiger partial charge is 0.423 e. The van der Waals surface area contributed by atoms with Crippen LogP contribution in [0.1, 0.15) is 11.1 Å². The smallest absolute Gasteiger partial charge is 0.337 e. The average molecular weight is 374 g/mol. The number of oxime groups is 2. The molecular weight excluding hydrogens is 364 g/mol. The quantitative estimate of drug-likeness (QED) is 0.500. The highest BCUT2D eigenvalue weighted by Crippen LogP contribution is 2.22. The summed E-state index contributed by atoms with van der Waals surface area (Å²) in [5.74, 6) is 0.000224. The van der Waals surface area contributed by atoms with E-state index in [0.717, 1.165) is 0 Å². The molecule has 8 heteroatoms. The molecule has 0 saturated heterocycles. The van der Waals surface area contributed by atoms with Crippen LogP contribution in [-0.4, -0.2) is 11.8 Å². The highest BCUT2D eigenvalue weighted by atomic mass is 16.7. The van der Waals surface area contributed by atoms with Gasteiger partial charge in [-0.2, -0.15) is 0 Å². The lowest BCUT2D eigenvalue weighted by Crippen LogP contribution is -2.18. The zero-order chi connectivity index (χ0) is 19.1. The Morgan fingerprint density at radius 2 is 1.04 bits per heavy atom. The molecule has 0 bridgehead atoms. The fourth-order valence-corrected chi connectivity index (χ4v) is 2.98. The highest BCUT2D eigenvalue weighted by Gasteiger charge is 2.22. The second kappa shape index (κ2) is 6.20. The van der Waals surface area contributed by atoms with Crippen LogP contribution < -0.4 is 11.3 Å². The topological polar surface area (TPSA) is 104 Å². The van der Waals surface area contributed by atoms with Crippen molar-refractivity contribution in [2.75, 3.05) is 0 Å². The van der Waals surface area contributed by atoms with E-state index < -0.39 is 11.3 Å². The number of hydrogen-bond donors (Lipinski definition) is 0. The summed E-state index contributed by atoms with van der Waals surface area (Å²) >= 11 is 0. The van der Waals surface area contributed by atoms with Gasteiger partial charge in [-0.25, -0.2) is 9.59 Å². The number of para-hydroxylation sites is 2. The molecule has 0 amide bonds. The van der Waals surface area contributed by atoms with E-state index in [4.69, 9.17) is 18.5 Å². The number of hydrogen-bond acceptors (Lipinski definition) is 8. The number of benzene rings is 2. The standard InChI is InChI=1S/C20H10N2O6/c23-17-9-13(11-5-1-3-7-15(11)25-17)19-21-28-20(22-27-19)14-10-18(24)26-16-8-4-2-6-12(14)16/h1-10H. The van der Waals surface area contributed by atoms with Crippen LogP contribution in [0.5, 0.6) is 0 Å². The van der Waals surface area contributed by atoms with Crippen LogP contribution in [-0.2, 0) is 9.68 Å². The van der Waals surface area contributed by atoms with Crippen molar-refractivity contribution >= 4 is 33.7 Å². The van der Waals surface area contributed by atoms with Gasteiger partial charge in [0.15, 0.2) is 0 Å². The Morgan fingerprint density at radius 3 is 1.46 bits per heavy atom. The van der Waals surface area contributed by atoms with Gasteiger partial charge in [-0.05, 0) is 22.4 Å². The Kier molecular flexibility index (Phi) is 3.55. The van der Waals surface area contributed by atoms with Crippen LogP contribution in [0.4, 0.5) is 0 Å². The maximum absolute atomic E-state index is 11.8. The molecule has 0 fully saturated rings. The molecule has 0 unspecified atom stereocenters. The van der Waals surface area contributed by atoms with E-state index in [1.54, 1.807) is 48.5 Å². The van der Waals surface area contributed by atoms with Crippen LogP contribution in [0, 0.1) is 0 Å². The molecule has 136 valence electrons. The summed E-state index contributed by atoms with van der Waals surface area (Å²) in [5, 5.41) is 9.11. The molecule has 0 atom stereocenters. The minimum atomic E-state index is -0.554. The van der Waals surface area contributed by atoms with Gasteiger partial charge in [-0.3, -0.25) is 0 Å². The minimum absolute atomic E-state index is 0.000112. The van der Waals surface area contributed by atoms with Gasteiger partial charge >= 0.3 is 11.3 Å². The molecule has 3 heterocycles. The zero-order valence-corrected chi connectivity index (χ0v) is 14.1. The first-order chi connectivity index (χ1) is 13.7. The summed E-state index contributed by atoms with van der Waals surface area (Å²) in [4.78, 5) is 34.4. The second-order valence-corrected chi connectivity index (χ2v) is 5.93. The maximum atomic E-state index is 11.8. The van der Waals surface area contributed by atoms with Crippen LogP contribution >= 0.6 is 0 Å². The first kappa shape index (κ1) is 16.0. The Hall–Kier alpha value is -4.20. The van der Waals surface area contributed by atoms with Crippen molar-refractivity contribution in [1.29, 1.82) is 0 Å². The van der Waals surface area contributed by atoms with Crippen LogP contribution in [0.25, 0.3) is 21.9 Å². The molecule has 28 heavy (non-hydrogen) atoms. The first-order valence-corrected chi connectivity index (χ1v) is 8.25. The molecule has 2 aromatic carbocycles. The SMILES string of the molecule is O=c1cc(C2=NOC(c3cc(=O)oc4ccccc34)=NO2)c2ccccc2o1. The lowest BCUT2D eigenvalue weighted by molar-refractivity contribution is 0.219. The van der Waals surface area contributed by atoms with Crippen LogP contribution in [0.2, 0.25) is 0 Å². The van der Waals surface area contributed by atoms with Crippen molar-refractivity contribution in [3.05, 3.63) is 92.6 Å². The maximum Gasteiger partial charge on any atom is 0.337 e. The third-order valence-corrected chi connectivity index (χ3v) is 4.19. The molecule has 1 aliphatic rings. The average Bonchev–Trinajstić information content (AvgIpc) is 2.72. The zero-order valence-electron chi connectivity index (χ0n) is 14.1. The van der Waals surface area contributed by atoms with Crippen molar-refractivity contribution in [2.24, 2.45) is 10.3 Å². The summed E-state index contributed by atoms with van der Waals surface area (Å²) in [7, 11) is 0. The van der Waals surface area contributed by atoms with Crippen molar-refractivity contribution in [3.63, 3.8) is 0 Å². The van der Waals surface area contributed by atoms with Crippen molar-refractivity contribution in [2.45, 2.75) is 0 Å². The van der Waals surface area contributed by atoms with E-state index in [1.165, 1.54) is 12.1 Å². The van der Waals surface area contributed by atoms with Gasteiger partial charge in [0.2, 0.25) is 0 Å². The third-order valence-electron chi connectivity index (χ3n) is 4.19. The number of rotatable bonds is 2. The summed E-state index contributed by atoms with van der Waals surface area (Å²) in [6.45, 7) is 0. The minimum Gasteiger partial charge on any atom is -0.423 e. The Bertz CT molecular complexity index is 1300. The summed E-state index contributed by atoms with van der Waals surface area (Å²) in [6.07, 6.45) is 0. The normalized spacial score (nSPS) is 13.6. The Labute approximate surface area is 155 Å². The van der Waals surface area contributed by atoms with Gasteiger partial charge in [0.25, 0.3) is 11.8 Å². The van der Waals surface area contributed by atoms with Crippen LogP contribution in [0.15, 0.2) is 89.4 Å². The van der Waals surface area contributed by atoms with Crippen molar-refractivity contribution < 1.29 is 18.5 Å². The highest BCUT2D eigenvalue weighted by molar-refractivity contribution is 6.09. The van der Waals surface area contributed by atoms with E-state index in [9.17, 15) is 9.59 Å². The third kappa shape index (κ3) is 2.64. The number of fused-ring (bicyclic) bond motifs is 2. The monoisotopic (exact) mass is 374 g/mol. The summed E-state index contributed by atoms with van der Waals surface area (Å²) in [6, 6.07) is 16.4. The molecule has 5 rings (SSSR count). The molecule has 1 aliphatic heterocycles. The van der Waals surface area contributed by atoms with Crippen molar-refractivity contribution in [1.82, 2.24) is 0 Å². The molecule has 8 nitrogen and oxygen atoms in total. The molecule has 2 aromatic heterocycles. The first-order valence-electron chi connectivity index (χ1n) is 8.25. The van der Waals surface area contributed by atoms with E-state index in [1.807, 2.05) is 0 Å². The van der Waals surface area contributed by atoms with Gasteiger partial charge in [0.05, 0.1) is 11.1 Å². The molecular formula is C20H10N2O6. The van der Waals surface area contributed by atoms with Gasteiger partial charge in [0.1, 0.15) is 11.2 Å². The summed E-state index contributed by atoms with van der Waals surface area (Å²) < 4.78 is 10.3. The molecule has 0 radical (unpaired) electrons. The predicted octanol–water partition coefficient (Wildman–Crippen LogP) is 2.97. The van der Waals surface area contributed by atoms with Crippen LogP contribution in [0.3, 0.4) is 0 Å². The lowest BCUT2D eigenvalue weighted by atomic mass is 10.1. The lowest BCUT2D eigenvalue weighted by Gasteiger charge is -2.13. The molecule has 0 aliphatic carbocycles. The van der Waals surface area contributed by atoms with E-state index in [0.29, 0.717) is 33.1 Å². The van der Waals surface area contributed by atoms with Crippen molar-refractivity contribution in [3.8, 4) is 0 Å². The Morgan fingerprint density at radius 1 is 0.607 bits per heavy atom. The molecule has 0 saturated carbocycles. The Balaban J connectivity index is 1.57. The predicted molar refractivity (Wildman–Crippen MR) is 100 cm³/mol. The number of nitrogens with zero attached hydrogens (tertiary/aromatic N) is 2. The fourth-order valence-electron chi connectivity index (χ4n) is 2.98. The van der Waals surface area contributed by atoms with Gasteiger partial charge in [-0.15, -0.1) is 0 Å². The van der Waals surface area contributed by atoms with E-state index in [-0.39, 0.29) is 11.8 Å². The molecule has 4 aromatic rings. The van der Waals surface area contributed by atoms with Gasteiger partial charge in [0, 0.05) is 22.9 Å².